The van der Waals surface area contributed by atoms with E-state index in [1.807, 2.05) is 33.8 Å². The van der Waals surface area contributed by atoms with Crippen molar-refractivity contribution in [2.45, 2.75) is 25.4 Å². The second kappa shape index (κ2) is 5.61. The molecule has 2 aromatic heterocycles. The van der Waals surface area contributed by atoms with Gasteiger partial charge in [-0.2, -0.15) is 0 Å². The number of nitrogens with zero attached hydrogens (tertiary/aromatic N) is 3. The summed E-state index contributed by atoms with van der Waals surface area (Å²) in [5, 5.41) is 3.03. The van der Waals surface area contributed by atoms with E-state index in [0.29, 0.717) is 32.2 Å². The van der Waals surface area contributed by atoms with Crippen LogP contribution >= 0.6 is 0 Å². The normalized spacial score (nSPS) is 22.0. The topological polar surface area (TPSA) is 58.9 Å². The molecule has 116 valence electrons. The Morgan fingerprint density at radius 1 is 1.41 bits per heavy atom. The van der Waals surface area contributed by atoms with Crippen LogP contribution in [0.1, 0.15) is 18.4 Å². The Bertz CT molecular complexity index is 680. The lowest BCUT2D eigenvalue weighted by atomic mass is 10.1. The fourth-order valence-corrected chi connectivity index (χ4v) is 3.09. The van der Waals surface area contributed by atoms with Crippen LogP contribution in [-0.2, 0) is 11.3 Å². The SMILES string of the molecule is O=C(NCc1ccn2ccnc2c1)N1CCOC[C@H]1C1CC1. The van der Waals surface area contributed by atoms with Crippen LogP contribution in [0.5, 0.6) is 0 Å². The van der Waals surface area contributed by atoms with Crippen molar-refractivity contribution in [3.05, 3.63) is 36.3 Å². The minimum Gasteiger partial charge on any atom is -0.377 e. The predicted octanol–water partition coefficient (Wildman–Crippen LogP) is 1.65. The Kier molecular flexibility index (Phi) is 3.46. The van der Waals surface area contributed by atoms with Gasteiger partial charge in [0.25, 0.3) is 0 Å². The molecular formula is C16H20N4O2. The summed E-state index contributed by atoms with van der Waals surface area (Å²) < 4.78 is 7.49. The molecule has 0 radical (unpaired) electrons. The average Bonchev–Trinajstić information content (AvgIpc) is 3.30. The Balaban J connectivity index is 1.40. The van der Waals surface area contributed by atoms with E-state index in [0.717, 1.165) is 11.2 Å². The first kappa shape index (κ1) is 13.6. The van der Waals surface area contributed by atoms with Gasteiger partial charge in [-0.05, 0) is 36.5 Å². The second-order valence-electron chi connectivity index (χ2n) is 6.06. The number of carbonyl (C=O) groups is 1. The number of ether oxygens (including phenoxy) is 1. The lowest BCUT2D eigenvalue weighted by Crippen LogP contribution is -2.53. The molecule has 2 amide bonds. The molecule has 2 aromatic rings. The highest BCUT2D eigenvalue weighted by molar-refractivity contribution is 5.74. The molecule has 1 saturated heterocycles. The van der Waals surface area contributed by atoms with Gasteiger partial charge in [-0.15, -0.1) is 0 Å². The van der Waals surface area contributed by atoms with Gasteiger partial charge in [0.15, 0.2) is 0 Å². The fourth-order valence-electron chi connectivity index (χ4n) is 3.09. The highest BCUT2D eigenvalue weighted by atomic mass is 16.5. The van der Waals surface area contributed by atoms with E-state index in [-0.39, 0.29) is 12.1 Å². The molecule has 22 heavy (non-hydrogen) atoms. The smallest absolute Gasteiger partial charge is 0.318 e. The van der Waals surface area contributed by atoms with Crippen molar-refractivity contribution < 1.29 is 9.53 Å². The molecule has 1 aliphatic carbocycles. The predicted molar refractivity (Wildman–Crippen MR) is 81.5 cm³/mol. The lowest BCUT2D eigenvalue weighted by Gasteiger charge is -2.35. The molecule has 1 atom stereocenters. The molecule has 4 rings (SSSR count). The number of imidazole rings is 1. The fraction of sp³-hybridized carbons (Fsp3) is 0.500. The Labute approximate surface area is 129 Å². The van der Waals surface area contributed by atoms with Gasteiger partial charge in [0, 0.05) is 31.7 Å². The Morgan fingerprint density at radius 3 is 3.18 bits per heavy atom. The molecule has 6 nitrogen and oxygen atoms in total. The van der Waals surface area contributed by atoms with E-state index in [2.05, 4.69) is 10.3 Å². The van der Waals surface area contributed by atoms with Crippen molar-refractivity contribution in [1.82, 2.24) is 19.6 Å². The molecular weight excluding hydrogens is 280 g/mol. The summed E-state index contributed by atoms with van der Waals surface area (Å²) in [6.07, 6.45) is 8.07. The van der Waals surface area contributed by atoms with Gasteiger partial charge in [-0.3, -0.25) is 0 Å². The summed E-state index contributed by atoms with van der Waals surface area (Å²) in [6.45, 7) is 2.53. The zero-order valence-corrected chi connectivity index (χ0v) is 12.4. The third-order valence-corrected chi connectivity index (χ3v) is 4.50. The van der Waals surface area contributed by atoms with E-state index in [4.69, 9.17) is 4.74 Å². The van der Waals surface area contributed by atoms with Gasteiger partial charge < -0.3 is 19.4 Å². The zero-order chi connectivity index (χ0) is 14.9. The molecule has 2 aliphatic rings. The van der Waals surface area contributed by atoms with E-state index in [9.17, 15) is 4.79 Å². The number of carbonyl (C=O) groups excluding carboxylic acids is 1. The monoisotopic (exact) mass is 300 g/mol. The van der Waals surface area contributed by atoms with E-state index >= 15 is 0 Å². The molecule has 0 unspecified atom stereocenters. The van der Waals surface area contributed by atoms with E-state index in [1.165, 1.54) is 12.8 Å². The lowest BCUT2D eigenvalue weighted by molar-refractivity contribution is 0.00463. The number of aromatic nitrogens is 2. The van der Waals surface area contributed by atoms with Crippen LogP contribution in [0.3, 0.4) is 0 Å². The quantitative estimate of drug-likeness (QED) is 0.938. The molecule has 6 heteroatoms. The van der Waals surface area contributed by atoms with Crippen LogP contribution in [0.4, 0.5) is 4.79 Å². The van der Waals surface area contributed by atoms with Crippen LogP contribution in [0.15, 0.2) is 30.7 Å². The molecule has 0 spiro atoms. The number of nitrogens with one attached hydrogen (secondary N) is 1. The number of rotatable bonds is 3. The zero-order valence-electron chi connectivity index (χ0n) is 12.4. The van der Waals surface area contributed by atoms with Crippen LogP contribution in [0.2, 0.25) is 0 Å². The molecule has 1 saturated carbocycles. The molecule has 2 fully saturated rings. The highest BCUT2D eigenvalue weighted by Gasteiger charge is 2.39. The average molecular weight is 300 g/mol. The third kappa shape index (κ3) is 2.66. The summed E-state index contributed by atoms with van der Waals surface area (Å²) in [6, 6.07) is 4.27. The molecule has 0 bridgehead atoms. The van der Waals surface area contributed by atoms with Crippen molar-refractivity contribution in [2.24, 2.45) is 5.92 Å². The van der Waals surface area contributed by atoms with Crippen molar-refractivity contribution >= 4 is 11.7 Å². The number of hydrogen-bond donors (Lipinski definition) is 1. The molecule has 1 aliphatic heterocycles. The van der Waals surface area contributed by atoms with Crippen LogP contribution in [0, 0.1) is 5.92 Å². The van der Waals surface area contributed by atoms with Gasteiger partial charge in [-0.1, -0.05) is 0 Å². The maximum Gasteiger partial charge on any atom is 0.318 e. The van der Waals surface area contributed by atoms with Crippen LogP contribution < -0.4 is 5.32 Å². The number of fused-ring (bicyclic) bond motifs is 1. The summed E-state index contributed by atoms with van der Waals surface area (Å²) in [4.78, 5) is 18.7. The molecule has 3 heterocycles. The van der Waals surface area contributed by atoms with Gasteiger partial charge in [-0.25, -0.2) is 9.78 Å². The van der Waals surface area contributed by atoms with Crippen molar-refractivity contribution in [3.8, 4) is 0 Å². The summed E-state index contributed by atoms with van der Waals surface area (Å²) in [7, 11) is 0. The molecule has 0 aromatic carbocycles. The second-order valence-corrected chi connectivity index (χ2v) is 6.06. The van der Waals surface area contributed by atoms with Crippen LogP contribution in [0.25, 0.3) is 5.65 Å². The standard InChI is InChI=1S/C16H20N4O2/c21-16(20-7-8-22-11-14(20)13-1-2-13)18-10-12-3-5-19-6-4-17-15(19)9-12/h3-6,9,13-14H,1-2,7-8,10-11H2,(H,18,21)/t14-/m0/s1. The van der Waals surface area contributed by atoms with Crippen LogP contribution in [-0.4, -0.2) is 46.1 Å². The van der Waals surface area contributed by atoms with Gasteiger partial charge >= 0.3 is 6.03 Å². The van der Waals surface area contributed by atoms with Crippen molar-refractivity contribution in [1.29, 1.82) is 0 Å². The van der Waals surface area contributed by atoms with Gasteiger partial charge in [0.2, 0.25) is 0 Å². The molecule has 1 N–H and O–H groups in total. The Hall–Kier alpha value is -2.08. The Morgan fingerprint density at radius 2 is 2.32 bits per heavy atom. The van der Waals surface area contributed by atoms with E-state index < -0.39 is 0 Å². The minimum absolute atomic E-state index is 0.0171. The summed E-state index contributed by atoms with van der Waals surface area (Å²) >= 11 is 0. The highest BCUT2D eigenvalue weighted by Crippen LogP contribution is 2.36. The minimum atomic E-state index is 0.0171. The number of pyridine rings is 1. The maximum absolute atomic E-state index is 12.5. The number of hydrogen-bond acceptors (Lipinski definition) is 3. The van der Waals surface area contributed by atoms with E-state index in [1.54, 1.807) is 6.20 Å². The summed E-state index contributed by atoms with van der Waals surface area (Å²) in [5.74, 6) is 0.632. The number of urea groups is 1. The first-order valence-electron chi connectivity index (χ1n) is 7.85. The number of amides is 2. The number of morpholine rings is 1. The first-order chi connectivity index (χ1) is 10.8. The van der Waals surface area contributed by atoms with Gasteiger partial charge in [0.1, 0.15) is 5.65 Å². The van der Waals surface area contributed by atoms with Crippen molar-refractivity contribution in [3.63, 3.8) is 0 Å². The first-order valence-corrected chi connectivity index (χ1v) is 7.85. The van der Waals surface area contributed by atoms with Gasteiger partial charge in [0.05, 0.1) is 19.3 Å². The maximum atomic E-state index is 12.5. The third-order valence-electron chi connectivity index (χ3n) is 4.50. The largest absolute Gasteiger partial charge is 0.377 e. The van der Waals surface area contributed by atoms with Crippen molar-refractivity contribution in [2.75, 3.05) is 19.8 Å². The summed E-state index contributed by atoms with van der Waals surface area (Å²) in [5.41, 5.74) is 1.96.